The van der Waals surface area contributed by atoms with Crippen LogP contribution in [0.4, 0.5) is 0 Å². The average Bonchev–Trinajstić information content (AvgIpc) is 2.75. The highest BCUT2D eigenvalue weighted by Gasteiger charge is 2.25. The zero-order valence-electron chi connectivity index (χ0n) is 19.4. The van der Waals surface area contributed by atoms with Gasteiger partial charge in [-0.2, -0.15) is 0 Å². The Morgan fingerprint density at radius 2 is 1.58 bits per heavy atom. The molecule has 0 spiro atoms. The second kappa shape index (κ2) is 16.7. The molecule has 1 aromatic rings. The van der Waals surface area contributed by atoms with E-state index in [1.165, 1.54) is 0 Å². The van der Waals surface area contributed by atoms with Crippen molar-refractivity contribution in [3.05, 3.63) is 29.8 Å². The first-order valence-electron chi connectivity index (χ1n) is 10.9. The molecule has 0 radical (unpaired) electrons. The largest absolute Gasteiger partial charge is 0.426 e. The van der Waals surface area contributed by atoms with Gasteiger partial charge in [-0.3, -0.25) is 9.69 Å². The van der Waals surface area contributed by atoms with Gasteiger partial charge in [0.25, 0.3) is 0 Å². The van der Waals surface area contributed by atoms with Crippen molar-refractivity contribution < 1.29 is 19.0 Å². The van der Waals surface area contributed by atoms with Gasteiger partial charge in [-0.1, -0.05) is 44.9 Å². The molecular weight excluding hydrogens is 439 g/mol. The lowest BCUT2D eigenvalue weighted by atomic mass is 10.0. The number of ether oxygens (including phenoxy) is 3. The molecule has 0 aliphatic carbocycles. The van der Waals surface area contributed by atoms with Crippen molar-refractivity contribution in [1.82, 2.24) is 9.80 Å². The van der Waals surface area contributed by atoms with E-state index in [9.17, 15) is 4.79 Å². The number of methoxy groups -OCH3 is 2. The van der Waals surface area contributed by atoms with E-state index >= 15 is 0 Å². The summed E-state index contributed by atoms with van der Waals surface area (Å²) in [7, 11) is 3.30. The van der Waals surface area contributed by atoms with Crippen LogP contribution in [-0.4, -0.2) is 74.9 Å². The van der Waals surface area contributed by atoms with Crippen LogP contribution < -0.4 is 4.74 Å². The maximum atomic E-state index is 12.6. The van der Waals surface area contributed by atoms with Crippen molar-refractivity contribution in [2.75, 3.05) is 46.9 Å². The van der Waals surface area contributed by atoms with Crippen LogP contribution in [0, 0.1) is 0 Å². The van der Waals surface area contributed by atoms with E-state index in [0.29, 0.717) is 5.75 Å². The first-order chi connectivity index (χ1) is 14.1. The molecule has 1 fully saturated rings. The quantitative estimate of drug-likeness (QED) is 0.331. The number of hydrogen-bond acceptors (Lipinski definition) is 6. The van der Waals surface area contributed by atoms with Crippen molar-refractivity contribution in [2.45, 2.75) is 58.3 Å². The fourth-order valence-corrected chi connectivity index (χ4v) is 3.79. The highest BCUT2D eigenvalue weighted by atomic mass is 35.5. The summed E-state index contributed by atoms with van der Waals surface area (Å²) in [6.07, 6.45) is 2.79. The van der Waals surface area contributed by atoms with Crippen molar-refractivity contribution in [1.29, 1.82) is 0 Å². The molecule has 6 nitrogen and oxygen atoms in total. The molecule has 0 amide bonds. The monoisotopic (exact) mass is 478 g/mol. The second-order valence-electron chi connectivity index (χ2n) is 7.69. The molecule has 0 bridgehead atoms. The van der Waals surface area contributed by atoms with E-state index in [0.717, 1.165) is 64.1 Å². The molecule has 2 unspecified atom stereocenters. The van der Waals surface area contributed by atoms with Gasteiger partial charge in [-0.15, -0.1) is 24.8 Å². The van der Waals surface area contributed by atoms with Crippen molar-refractivity contribution in [3.63, 3.8) is 0 Å². The van der Waals surface area contributed by atoms with E-state index in [4.69, 9.17) is 14.2 Å². The third kappa shape index (κ3) is 10.1. The van der Waals surface area contributed by atoms with Crippen LogP contribution in [-0.2, 0) is 20.8 Å². The summed E-state index contributed by atoms with van der Waals surface area (Å²) >= 11 is 0. The third-order valence-corrected chi connectivity index (χ3v) is 5.73. The summed E-state index contributed by atoms with van der Waals surface area (Å²) in [5.41, 5.74) is 1.05. The van der Waals surface area contributed by atoms with Crippen molar-refractivity contribution in [3.8, 4) is 5.75 Å². The average molecular weight is 479 g/mol. The fourth-order valence-electron chi connectivity index (χ4n) is 3.79. The molecule has 31 heavy (non-hydrogen) atoms. The van der Waals surface area contributed by atoms with Gasteiger partial charge in [0.05, 0.1) is 18.6 Å². The highest BCUT2D eigenvalue weighted by Crippen LogP contribution is 2.22. The van der Waals surface area contributed by atoms with Crippen LogP contribution in [0.3, 0.4) is 0 Å². The molecule has 2 atom stereocenters. The van der Waals surface area contributed by atoms with Gasteiger partial charge in [0.1, 0.15) is 5.75 Å². The first kappa shape index (κ1) is 30.1. The number of piperazine rings is 1. The predicted octanol–water partition coefficient (Wildman–Crippen LogP) is 4.18. The van der Waals surface area contributed by atoms with E-state index < -0.39 is 0 Å². The number of para-hydroxylation sites is 1. The number of unbranched alkanes of at least 4 members (excludes halogenated alkanes) is 1. The zero-order chi connectivity index (χ0) is 21.1. The number of rotatable bonds is 12. The lowest BCUT2D eigenvalue weighted by Gasteiger charge is -2.34. The number of carbonyl (C=O) groups is 1. The maximum absolute atomic E-state index is 12.6. The van der Waals surface area contributed by atoms with Gasteiger partial charge >= 0.3 is 5.97 Å². The molecular formula is C23H40Cl2N2O4. The Morgan fingerprint density at radius 1 is 0.968 bits per heavy atom. The van der Waals surface area contributed by atoms with Crippen LogP contribution in [0.1, 0.15) is 45.1 Å². The summed E-state index contributed by atoms with van der Waals surface area (Å²) in [5, 5.41) is 0. The second-order valence-corrected chi connectivity index (χ2v) is 7.69. The third-order valence-electron chi connectivity index (χ3n) is 5.73. The van der Waals surface area contributed by atoms with E-state index in [-0.39, 0.29) is 49.4 Å². The molecule has 2 rings (SSSR count). The number of carbonyl (C=O) groups excluding carboxylic acids is 1. The highest BCUT2D eigenvalue weighted by molar-refractivity contribution is 5.85. The van der Waals surface area contributed by atoms with E-state index in [2.05, 4.69) is 23.6 Å². The molecule has 1 aliphatic heterocycles. The van der Waals surface area contributed by atoms with Gasteiger partial charge in [-0.25, -0.2) is 0 Å². The Labute approximate surface area is 200 Å². The number of esters is 1. The summed E-state index contributed by atoms with van der Waals surface area (Å²) < 4.78 is 16.8. The predicted molar refractivity (Wildman–Crippen MR) is 130 cm³/mol. The van der Waals surface area contributed by atoms with Crippen LogP contribution in [0.2, 0.25) is 0 Å². The molecule has 180 valence electrons. The summed E-state index contributed by atoms with van der Waals surface area (Å²) in [4.78, 5) is 17.5. The smallest absolute Gasteiger partial charge is 0.313 e. The molecule has 0 N–H and O–H groups in total. The van der Waals surface area contributed by atoms with Crippen LogP contribution >= 0.6 is 24.8 Å². The first-order valence-corrected chi connectivity index (χ1v) is 10.9. The van der Waals surface area contributed by atoms with Crippen molar-refractivity contribution >= 4 is 30.8 Å². The molecule has 0 aromatic heterocycles. The molecule has 0 saturated carbocycles. The topological polar surface area (TPSA) is 51.2 Å². The minimum Gasteiger partial charge on any atom is -0.426 e. The van der Waals surface area contributed by atoms with Crippen molar-refractivity contribution in [2.24, 2.45) is 0 Å². The maximum Gasteiger partial charge on any atom is 0.313 e. The van der Waals surface area contributed by atoms with Gasteiger partial charge in [0.2, 0.25) is 0 Å². The number of benzene rings is 1. The Bertz CT molecular complexity index is 613. The lowest BCUT2D eigenvalue weighted by molar-refractivity contribution is -0.140. The summed E-state index contributed by atoms with van der Waals surface area (Å²) in [5.74, 6) is 0.367. The van der Waals surface area contributed by atoms with Crippen LogP contribution in [0.25, 0.3) is 0 Å². The number of hydrogen-bond donors (Lipinski definition) is 0. The Morgan fingerprint density at radius 3 is 2.16 bits per heavy atom. The number of likely N-dealkylation sites (N-methyl/N-ethyl adjacent to an activating group) is 1. The van der Waals surface area contributed by atoms with Gasteiger partial charge in [0.15, 0.2) is 0 Å². The number of nitrogens with zero attached hydrogens (tertiary/aromatic N) is 2. The Hall–Kier alpha value is -0.890. The summed E-state index contributed by atoms with van der Waals surface area (Å²) in [6, 6.07) is 7.83. The molecule has 8 heteroatoms. The fraction of sp³-hybridized carbons (Fsp3) is 0.696. The zero-order valence-corrected chi connectivity index (χ0v) is 21.0. The lowest BCUT2D eigenvalue weighted by Crippen LogP contribution is -2.45. The van der Waals surface area contributed by atoms with Gasteiger partial charge < -0.3 is 19.1 Å². The Kier molecular flexibility index (Phi) is 16.2. The minimum atomic E-state index is -0.298. The van der Waals surface area contributed by atoms with E-state index in [1.807, 2.05) is 24.3 Å². The van der Waals surface area contributed by atoms with Crippen LogP contribution in [0.5, 0.6) is 5.75 Å². The van der Waals surface area contributed by atoms with Gasteiger partial charge in [-0.05, 0) is 19.0 Å². The van der Waals surface area contributed by atoms with E-state index in [1.54, 1.807) is 14.2 Å². The minimum absolute atomic E-state index is 0. The number of halogens is 2. The SMILES string of the molecule is CCCCC(OC)C(CC(=O)Oc1ccccc1CN1CCN(CC)CC1)OC.Cl.Cl. The van der Waals surface area contributed by atoms with Crippen LogP contribution in [0.15, 0.2) is 24.3 Å². The Balaban J connectivity index is 0.00000450. The normalized spacial score (nSPS) is 16.6. The standard InChI is InChI=1S/C23H38N2O4.2ClH/c1-5-7-11-21(27-3)22(28-4)17-23(26)29-20-12-9-8-10-19(20)18-25-15-13-24(6-2)14-16-25;;/h8-10,12,21-22H,5-7,11,13-18H2,1-4H3;2*1H. The summed E-state index contributed by atoms with van der Waals surface area (Å²) in [6.45, 7) is 10.5. The molecule has 1 saturated heterocycles. The van der Waals surface area contributed by atoms with Gasteiger partial charge in [0, 0.05) is 52.5 Å². The molecule has 1 aromatic carbocycles. The molecule has 1 aliphatic rings. The molecule has 1 heterocycles.